The van der Waals surface area contributed by atoms with E-state index in [9.17, 15) is 14.7 Å². The standard InChI is InChI=1S/C24H37N3O4/c1-17(26-24(25)27-19-8-4-3-5-9-19)7-6-10-20(28)16-21(29)13-11-18-12-14-22(30)23(15-18)31-2/h12,14-15,17,19,30H,3-11,13,16H2,1-2H3,(H3,25,26,27)/t17-/m0/s1. The number of aromatic hydroxyl groups is 1. The van der Waals surface area contributed by atoms with Crippen molar-refractivity contribution in [2.24, 2.45) is 10.7 Å². The zero-order valence-electron chi connectivity index (χ0n) is 18.9. The van der Waals surface area contributed by atoms with Crippen LogP contribution in [0.1, 0.15) is 76.7 Å². The molecule has 1 aromatic carbocycles. The summed E-state index contributed by atoms with van der Waals surface area (Å²) in [5.74, 6) is 0.856. The molecule has 1 fully saturated rings. The smallest absolute Gasteiger partial charge is 0.189 e. The molecule has 1 aromatic rings. The summed E-state index contributed by atoms with van der Waals surface area (Å²) in [5, 5.41) is 12.8. The third-order valence-corrected chi connectivity index (χ3v) is 5.71. The molecule has 0 unspecified atom stereocenters. The first kappa shape index (κ1) is 24.7. The molecule has 0 heterocycles. The average Bonchev–Trinajstić information content (AvgIpc) is 2.73. The number of nitrogens with zero attached hydrogens (tertiary/aromatic N) is 1. The van der Waals surface area contributed by atoms with E-state index in [0.717, 1.165) is 24.8 Å². The lowest BCUT2D eigenvalue weighted by atomic mass is 9.96. The maximum absolute atomic E-state index is 12.1. The number of aryl methyl sites for hydroxylation is 1. The van der Waals surface area contributed by atoms with Crippen molar-refractivity contribution in [2.75, 3.05) is 7.11 Å². The number of phenolic OH excluding ortho intramolecular Hbond substituents is 1. The van der Waals surface area contributed by atoms with Gasteiger partial charge < -0.3 is 20.9 Å². The van der Waals surface area contributed by atoms with Gasteiger partial charge >= 0.3 is 0 Å². The second kappa shape index (κ2) is 13.0. The van der Waals surface area contributed by atoms with Crippen molar-refractivity contribution >= 4 is 17.5 Å². The number of methoxy groups -OCH3 is 1. The molecule has 0 aliphatic heterocycles. The van der Waals surface area contributed by atoms with Crippen LogP contribution in [0, 0.1) is 0 Å². The van der Waals surface area contributed by atoms with Crippen molar-refractivity contribution in [3.63, 3.8) is 0 Å². The van der Waals surface area contributed by atoms with Gasteiger partial charge in [0, 0.05) is 18.9 Å². The number of rotatable bonds is 12. The highest BCUT2D eigenvalue weighted by atomic mass is 16.5. The Labute approximate surface area is 185 Å². The Bertz CT molecular complexity index is 757. The lowest BCUT2D eigenvalue weighted by Crippen LogP contribution is -2.39. The monoisotopic (exact) mass is 431 g/mol. The number of phenols is 1. The molecule has 2 rings (SSSR count). The molecular weight excluding hydrogens is 394 g/mol. The van der Waals surface area contributed by atoms with Gasteiger partial charge in [-0.2, -0.15) is 0 Å². The zero-order chi connectivity index (χ0) is 22.6. The third-order valence-electron chi connectivity index (χ3n) is 5.71. The van der Waals surface area contributed by atoms with Gasteiger partial charge in [-0.05, 0) is 56.7 Å². The van der Waals surface area contributed by atoms with E-state index in [0.29, 0.717) is 43.4 Å². The van der Waals surface area contributed by atoms with Crippen molar-refractivity contribution in [3.8, 4) is 11.5 Å². The lowest BCUT2D eigenvalue weighted by Gasteiger charge is -2.20. The maximum atomic E-state index is 12.1. The predicted molar refractivity (Wildman–Crippen MR) is 123 cm³/mol. The molecule has 0 radical (unpaired) electrons. The number of aliphatic imine (C=N–C) groups is 1. The van der Waals surface area contributed by atoms with Crippen molar-refractivity contribution in [3.05, 3.63) is 23.8 Å². The zero-order valence-corrected chi connectivity index (χ0v) is 18.9. The van der Waals surface area contributed by atoms with Gasteiger partial charge in [0.15, 0.2) is 17.5 Å². The van der Waals surface area contributed by atoms with Gasteiger partial charge in [0.05, 0.1) is 19.6 Å². The topological polar surface area (TPSA) is 114 Å². The summed E-state index contributed by atoms with van der Waals surface area (Å²) in [6.45, 7) is 2.03. The number of hydrogen-bond acceptors (Lipinski definition) is 5. The van der Waals surface area contributed by atoms with Crippen LogP contribution in [0.5, 0.6) is 11.5 Å². The van der Waals surface area contributed by atoms with Crippen molar-refractivity contribution in [1.82, 2.24) is 5.32 Å². The van der Waals surface area contributed by atoms with Crippen molar-refractivity contribution in [2.45, 2.75) is 89.6 Å². The van der Waals surface area contributed by atoms with Crippen LogP contribution in [-0.2, 0) is 16.0 Å². The molecule has 4 N–H and O–H groups in total. The fourth-order valence-electron chi connectivity index (χ4n) is 3.93. The molecule has 172 valence electrons. The summed E-state index contributed by atoms with van der Waals surface area (Å²) in [6, 6.07) is 5.49. The molecule has 7 heteroatoms. The number of guanidine groups is 1. The number of carbonyl (C=O) groups is 2. The van der Waals surface area contributed by atoms with Gasteiger partial charge in [0.2, 0.25) is 0 Å². The minimum absolute atomic E-state index is 0.0238. The van der Waals surface area contributed by atoms with Crippen LogP contribution < -0.4 is 15.8 Å². The van der Waals surface area contributed by atoms with Gasteiger partial charge in [0.1, 0.15) is 11.6 Å². The van der Waals surface area contributed by atoms with Crippen LogP contribution >= 0.6 is 0 Å². The summed E-state index contributed by atoms with van der Waals surface area (Å²) in [4.78, 5) is 28.8. The second-order valence-electron chi connectivity index (χ2n) is 8.50. The first-order chi connectivity index (χ1) is 14.9. The summed E-state index contributed by atoms with van der Waals surface area (Å²) in [6.07, 6.45) is 8.65. The molecule has 1 atom stereocenters. The molecule has 0 spiro atoms. The van der Waals surface area contributed by atoms with Crippen LogP contribution in [0.25, 0.3) is 0 Å². The number of ketones is 2. The van der Waals surface area contributed by atoms with Crippen LogP contribution in [0.2, 0.25) is 0 Å². The first-order valence-electron chi connectivity index (χ1n) is 11.4. The van der Waals surface area contributed by atoms with E-state index < -0.39 is 0 Å². The lowest BCUT2D eigenvalue weighted by molar-refractivity contribution is -0.127. The van der Waals surface area contributed by atoms with Gasteiger partial charge in [-0.15, -0.1) is 0 Å². The van der Waals surface area contributed by atoms with E-state index in [2.05, 4.69) is 10.3 Å². The average molecular weight is 432 g/mol. The number of Topliss-reactive ketones (excluding diaryl/α,β-unsaturated/α-hetero) is 2. The van der Waals surface area contributed by atoms with Crippen LogP contribution in [0.4, 0.5) is 0 Å². The van der Waals surface area contributed by atoms with E-state index in [1.807, 2.05) is 6.92 Å². The highest BCUT2D eigenvalue weighted by Crippen LogP contribution is 2.26. The Balaban J connectivity index is 1.62. The van der Waals surface area contributed by atoms with E-state index in [1.165, 1.54) is 26.4 Å². The number of benzene rings is 1. The van der Waals surface area contributed by atoms with E-state index >= 15 is 0 Å². The first-order valence-corrected chi connectivity index (χ1v) is 11.4. The number of nitrogens with two attached hydrogens (primary N) is 1. The Hall–Kier alpha value is -2.57. The molecular formula is C24H37N3O4. The summed E-state index contributed by atoms with van der Waals surface area (Å²) in [7, 11) is 1.48. The third kappa shape index (κ3) is 9.40. The van der Waals surface area contributed by atoms with Gasteiger partial charge in [-0.1, -0.05) is 25.3 Å². The van der Waals surface area contributed by atoms with E-state index in [-0.39, 0.29) is 29.8 Å². The molecule has 31 heavy (non-hydrogen) atoms. The van der Waals surface area contributed by atoms with E-state index in [1.54, 1.807) is 18.2 Å². The summed E-state index contributed by atoms with van der Waals surface area (Å²) < 4.78 is 5.07. The van der Waals surface area contributed by atoms with Crippen LogP contribution in [0.3, 0.4) is 0 Å². The Morgan fingerprint density at radius 1 is 1.23 bits per heavy atom. The molecule has 0 bridgehead atoms. The predicted octanol–water partition coefficient (Wildman–Crippen LogP) is 3.66. The number of ether oxygens (including phenoxy) is 1. The summed E-state index contributed by atoms with van der Waals surface area (Å²) in [5.41, 5.74) is 6.91. The van der Waals surface area contributed by atoms with Gasteiger partial charge in [-0.3, -0.25) is 14.6 Å². The molecule has 7 nitrogen and oxygen atoms in total. The Kier molecular flexibility index (Phi) is 10.3. The molecule has 0 saturated heterocycles. The normalized spacial score (nSPS) is 16.0. The maximum Gasteiger partial charge on any atom is 0.189 e. The highest BCUT2D eigenvalue weighted by Gasteiger charge is 2.14. The number of nitrogens with one attached hydrogen (secondary N) is 1. The van der Waals surface area contributed by atoms with Crippen molar-refractivity contribution < 1.29 is 19.4 Å². The van der Waals surface area contributed by atoms with Crippen molar-refractivity contribution in [1.29, 1.82) is 0 Å². The minimum atomic E-state index is -0.0629. The fraction of sp³-hybridized carbons (Fsp3) is 0.625. The fourth-order valence-corrected chi connectivity index (χ4v) is 3.93. The quantitative estimate of drug-likeness (QED) is 0.264. The summed E-state index contributed by atoms with van der Waals surface area (Å²) >= 11 is 0. The number of hydrogen-bond donors (Lipinski definition) is 3. The van der Waals surface area contributed by atoms with Gasteiger partial charge in [0.25, 0.3) is 0 Å². The molecule has 1 saturated carbocycles. The molecule has 0 aromatic heterocycles. The molecule has 1 aliphatic carbocycles. The van der Waals surface area contributed by atoms with Gasteiger partial charge in [-0.25, -0.2) is 0 Å². The van der Waals surface area contributed by atoms with Crippen LogP contribution in [-0.4, -0.2) is 41.8 Å². The molecule has 1 aliphatic rings. The highest BCUT2D eigenvalue weighted by molar-refractivity contribution is 5.99. The Morgan fingerprint density at radius 3 is 2.65 bits per heavy atom. The number of carbonyl (C=O) groups excluding carboxylic acids is 2. The molecule has 0 amide bonds. The largest absolute Gasteiger partial charge is 0.504 e. The van der Waals surface area contributed by atoms with Crippen LogP contribution in [0.15, 0.2) is 23.2 Å². The SMILES string of the molecule is COc1cc(CCC(=O)CC(=O)CCC[C@H](C)NC(N)=NC2CCCCC2)ccc1O. The Morgan fingerprint density at radius 2 is 1.94 bits per heavy atom. The van der Waals surface area contributed by atoms with E-state index in [4.69, 9.17) is 10.5 Å². The second-order valence-corrected chi connectivity index (χ2v) is 8.50. The minimum Gasteiger partial charge on any atom is -0.504 e.